The Bertz CT molecular complexity index is 839. The minimum atomic E-state index is -0.487. The van der Waals surface area contributed by atoms with Gasteiger partial charge < -0.3 is 14.7 Å². The lowest BCUT2D eigenvalue weighted by Gasteiger charge is -2.45. The monoisotopic (exact) mass is 453 g/mol. The summed E-state index contributed by atoms with van der Waals surface area (Å²) in [5.74, 6) is 0.500. The zero-order chi connectivity index (χ0) is 23.0. The number of carbonyl (C=O) groups excluding carboxylic acids is 2. The zero-order valence-corrected chi connectivity index (χ0v) is 20.3. The molecule has 4 fully saturated rings. The lowest BCUT2D eigenvalue weighted by molar-refractivity contribution is -0.136. The highest BCUT2D eigenvalue weighted by Crippen LogP contribution is 2.40. The first kappa shape index (κ1) is 22.7. The standard InChI is InChI=1S/C26H39N5O2/c1-21(2)30-20-31(23-7-4-3-5-8-23)26(25(30)33)11-13-27(14-12-26)19-24(32)29-17-15-28(16-18-29)22-9-6-10-22/h3-5,7-8,21-22H,6,9-20H2,1-2H3. The Hall–Kier alpha value is -2.12. The molecule has 33 heavy (non-hydrogen) atoms. The molecule has 1 spiro atoms. The molecule has 0 bridgehead atoms. The van der Waals surface area contributed by atoms with Gasteiger partial charge in [-0.15, -0.1) is 0 Å². The molecule has 180 valence electrons. The molecule has 0 unspecified atom stereocenters. The number of benzene rings is 1. The van der Waals surface area contributed by atoms with Crippen LogP contribution in [0.15, 0.2) is 30.3 Å². The number of amides is 2. The molecule has 1 aromatic carbocycles. The smallest absolute Gasteiger partial charge is 0.250 e. The van der Waals surface area contributed by atoms with Crippen LogP contribution in [0.2, 0.25) is 0 Å². The first-order valence-electron chi connectivity index (χ1n) is 12.9. The Morgan fingerprint density at radius 2 is 1.67 bits per heavy atom. The molecule has 3 heterocycles. The molecule has 1 saturated carbocycles. The second kappa shape index (κ2) is 9.26. The average Bonchev–Trinajstić information content (AvgIpc) is 3.07. The molecule has 1 aromatic rings. The number of rotatable bonds is 5. The van der Waals surface area contributed by atoms with E-state index in [9.17, 15) is 9.59 Å². The summed E-state index contributed by atoms with van der Waals surface area (Å²) in [7, 11) is 0. The SMILES string of the molecule is CC(C)N1CN(c2ccccc2)C2(CCN(CC(=O)N3CCN(C4CCC4)CC3)CC2)C1=O. The number of nitrogens with zero attached hydrogens (tertiary/aromatic N) is 5. The van der Waals surface area contributed by atoms with Crippen molar-refractivity contribution in [3.63, 3.8) is 0 Å². The fourth-order valence-corrected chi connectivity index (χ4v) is 6.01. The summed E-state index contributed by atoms with van der Waals surface area (Å²) in [6, 6.07) is 11.3. The Morgan fingerprint density at radius 1 is 1.00 bits per heavy atom. The zero-order valence-electron chi connectivity index (χ0n) is 20.3. The molecule has 3 saturated heterocycles. The maximum atomic E-state index is 13.6. The predicted molar refractivity (Wildman–Crippen MR) is 130 cm³/mol. The van der Waals surface area contributed by atoms with E-state index in [0.29, 0.717) is 13.2 Å². The third kappa shape index (κ3) is 4.26. The molecule has 0 N–H and O–H groups in total. The summed E-state index contributed by atoms with van der Waals surface area (Å²) in [6.07, 6.45) is 5.56. The molecule has 1 aliphatic carbocycles. The van der Waals surface area contributed by atoms with E-state index >= 15 is 0 Å². The van der Waals surface area contributed by atoms with Gasteiger partial charge in [0.1, 0.15) is 5.54 Å². The molecule has 0 atom stereocenters. The number of anilines is 1. The van der Waals surface area contributed by atoms with Crippen molar-refractivity contribution in [1.82, 2.24) is 19.6 Å². The van der Waals surface area contributed by atoms with Gasteiger partial charge in [-0.3, -0.25) is 19.4 Å². The van der Waals surface area contributed by atoms with Crippen LogP contribution in [0.25, 0.3) is 0 Å². The van der Waals surface area contributed by atoms with Crippen molar-refractivity contribution in [2.75, 3.05) is 57.4 Å². The number of para-hydroxylation sites is 1. The van der Waals surface area contributed by atoms with Crippen LogP contribution in [0.3, 0.4) is 0 Å². The molecular weight excluding hydrogens is 414 g/mol. The van der Waals surface area contributed by atoms with Crippen molar-refractivity contribution in [2.45, 2.75) is 63.6 Å². The van der Waals surface area contributed by atoms with Gasteiger partial charge in [0.15, 0.2) is 0 Å². The fraction of sp³-hybridized carbons (Fsp3) is 0.692. The summed E-state index contributed by atoms with van der Waals surface area (Å²) in [5.41, 5.74) is 0.627. The third-order valence-corrected chi connectivity index (χ3v) is 8.46. The largest absolute Gasteiger partial charge is 0.339 e. The van der Waals surface area contributed by atoms with E-state index in [1.54, 1.807) is 0 Å². The molecule has 7 nitrogen and oxygen atoms in total. The van der Waals surface area contributed by atoms with Crippen molar-refractivity contribution in [2.24, 2.45) is 0 Å². The minimum Gasteiger partial charge on any atom is -0.339 e. The molecule has 2 amide bonds. The van der Waals surface area contributed by atoms with Crippen molar-refractivity contribution >= 4 is 17.5 Å². The van der Waals surface area contributed by atoms with Crippen molar-refractivity contribution in [3.05, 3.63) is 30.3 Å². The summed E-state index contributed by atoms with van der Waals surface area (Å²) >= 11 is 0. The quantitative estimate of drug-likeness (QED) is 0.684. The Morgan fingerprint density at radius 3 is 2.24 bits per heavy atom. The van der Waals surface area contributed by atoms with Gasteiger partial charge in [-0.2, -0.15) is 0 Å². The number of likely N-dealkylation sites (tertiary alicyclic amines) is 1. The molecule has 4 aliphatic rings. The Balaban J connectivity index is 1.20. The topological polar surface area (TPSA) is 50.3 Å². The van der Waals surface area contributed by atoms with Gasteiger partial charge in [0.2, 0.25) is 11.8 Å². The highest BCUT2D eigenvalue weighted by atomic mass is 16.2. The summed E-state index contributed by atoms with van der Waals surface area (Å²) in [4.78, 5) is 37.8. The van der Waals surface area contributed by atoms with Crippen LogP contribution in [0.4, 0.5) is 5.69 Å². The molecule has 3 aliphatic heterocycles. The van der Waals surface area contributed by atoms with Crippen LogP contribution in [-0.4, -0.2) is 102 Å². The average molecular weight is 454 g/mol. The van der Waals surface area contributed by atoms with E-state index in [2.05, 4.69) is 45.6 Å². The van der Waals surface area contributed by atoms with Crippen LogP contribution >= 0.6 is 0 Å². The lowest BCUT2D eigenvalue weighted by atomic mass is 9.85. The molecule has 5 rings (SSSR count). The first-order valence-corrected chi connectivity index (χ1v) is 12.9. The van der Waals surface area contributed by atoms with Gasteiger partial charge in [0.05, 0.1) is 13.2 Å². The molecule has 0 aromatic heterocycles. The molecule has 0 radical (unpaired) electrons. The van der Waals surface area contributed by atoms with Gasteiger partial charge in [-0.1, -0.05) is 24.6 Å². The normalized spacial score (nSPS) is 24.7. The summed E-state index contributed by atoms with van der Waals surface area (Å²) in [6.45, 7) is 10.6. The summed E-state index contributed by atoms with van der Waals surface area (Å²) < 4.78 is 0. The fourth-order valence-electron chi connectivity index (χ4n) is 6.01. The van der Waals surface area contributed by atoms with Crippen LogP contribution in [0.1, 0.15) is 46.0 Å². The number of piperidine rings is 1. The van der Waals surface area contributed by atoms with Gasteiger partial charge in [0, 0.05) is 57.0 Å². The summed E-state index contributed by atoms with van der Waals surface area (Å²) in [5, 5.41) is 0. The van der Waals surface area contributed by atoms with Gasteiger partial charge in [-0.05, 0) is 51.7 Å². The number of carbonyl (C=O) groups is 2. The molecule has 7 heteroatoms. The van der Waals surface area contributed by atoms with E-state index in [1.807, 2.05) is 23.1 Å². The maximum absolute atomic E-state index is 13.6. The first-order chi connectivity index (χ1) is 16.0. The van der Waals surface area contributed by atoms with Crippen LogP contribution in [-0.2, 0) is 9.59 Å². The molecular formula is C26H39N5O2. The minimum absolute atomic E-state index is 0.182. The maximum Gasteiger partial charge on any atom is 0.250 e. The van der Waals surface area contributed by atoms with Crippen LogP contribution < -0.4 is 4.90 Å². The van der Waals surface area contributed by atoms with E-state index < -0.39 is 5.54 Å². The second-order valence-electron chi connectivity index (χ2n) is 10.6. The Kier molecular flexibility index (Phi) is 6.36. The number of piperazine rings is 1. The van der Waals surface area contributed by atoms with E-state index in [0.717, 1.165) is 63.8 Å². The van der Waals surface area contributed by atoms with Crippen LogP contribution in [0, 0.1) is 0 Å². The third-order valence-electron chi connectivity index (χ3n) is 8.46. The number of hydrogen-bond acceptors (Lipinski definition) is 5. The van der Waals surface area contributed by atoms with Gasteiger partial charge >= 0.3 is 0 Å². The highest BCUT2D eigenvalue weighted by Gasteiger charge is 2.54. The van der Waals surface area contributed by atoms with E-state index in [1.165, 1.54) is 19.3 Å². The van der Waals surface area contributed by atoms with Crippen molar-refractivity contribution in [1.29, 1.82) is 0 Å². The van der Waals surface area contributed by atoms with E-state index in [4.69, 9.17) is 0 Å². The Labute approximate surface area is 198 Å². The lowest BCUT2D eigenvalue weighted by Crippen LogP contribution is -2.58. The van der Waals surface area contributed by atoms with Crippen molar-refractivity contribution < 1.29 is 9.59 Å². The number of hydrogen-bond donors (Lipinski definition) is 0. The van der Waals surface area contributed by atoms with Crippen molar-refractivity contribution in [3.8, 4) is 0 Å². The van der Waals surface area contributed by atoms with Gasteiger partial charge in [0.25, 0.3) is 0 Å². The van der Waals surface area contributed by atoms with Gasteiger partial charge in [-0.25, -0.2) is 0 Å². The highest BCUT2D eigenvalue weighted by molar-refractivity contribution is 5.94. The second-order valence-corrected chi connectivity index (χ2v) is 10.6. The van der Waals surface area contributed by atoms with E-state index in [-0.39, 0.29) is 17.9 Å². The van der Waals surface area contributed by atoms with Crippen LogP contribution in [0.5, 0.6) is 0 Å². The predicted octanol–water partition coefficient (Wildman–Crippen LogP) is 2.23.